The average Bonchev–Trinajstić information content (AvgIpc) is 3.48. The Morgan fingerprint density at radius 1 is 1.02 bits per heavy atom. The number of nitrogens with zero attached hydrogens (tertiary/aromatic N) is 5. The van der Waals surface area contributed by atoms with Crippen LogP contribution in [0, 0.1) is 24.0 Å². The van der Waals surface area contributed by atoms with Crippen LogP contribution in [0.1, 0.15) is 53.7 Å². The van der Waals surface area contributed by atoms with Crippen LogP contribution >= 0.6 is 7.82 Å². The molecular formula is C36H46F2N7O7P. The summed E-state index contributed by atoms with van der Waals surface area (Å²) in [5.41, 5.74) is 2.27. The number of fused-ring (bicyclic) bond motifs is 1. The number of halogens is 2. The van der Waals surface area contributed by atoms with E-state index in [1.54, 1.807) is 59.7 Å². The molecule has 0 saturated heterocycles. The number of terminal acetylenes is 1. The minimum Gasteiger partial charge on any atom is -0.493 e. The van der Waals surface area contributed by atoms with E-state index in [0.717, 1.165) is 6.07 Å². The first kappa shape index (κ1) is 41.1. The van der Waals surface area contributed by atoms with Crippen LogP contribution in [-0.2, 0) is 29.4 Å². The third kappa shape index (κ3) is 12.5. The summed E-state index contributed by atoms with van der Waals surface area (Å²) in [6.07, 6.45) is 8.85. The van der Waals surface area contributed by atoms with E-state index in [0.29, 0.717) is 66.6 Å². The lowest BCUT2D eigenvalue weighted by atomic mass is 10.2. The molecule has 0 aliphatic heterocycles. The van der Waals surface area contributed by atoms with Crippen LogP contribution in [0.5, 0.6) is 11.5 Å². The van der Waals surface area contributed by atoms with Crippen LogP contribution < -0.4 is 20.2 Å². The number of hydrogen-bond acceptors (Lipinski definition) is 12. The molecule has 53 heavy (non-hydrogen) atoms. The van der Waals surface area contributed by atoms with Gasteiger partial charge in [-0.3, -0.25) is 28.7 Å². The van der Waals surface area contributed by atoms with Crippen molar-refractivity contribution >= 4 is 36.1 Å². The Balaban J connectivity index is 1.37. The lowest BCUT2D eigenvalue weighted by Gasteiger charge is -2.31. The van der Waals surface area contributed by atoms with E-state index in [9.17, 15) is 18.1 Å². The number of hydrogen-bond donors (Lipinski definition) is 2. The summed E-state index contributed by atoms with van der Waals surface area (Å²) in [6, 6.07) is 8.58. The molecule has 2 aromatic heterocycles. The summed E-state index contributed by atoms with van der Waals surface area (Å²) in [5.74, 6) is 1.09. The first-order valence-corrected chi connectivity index (χ1v) is 18.3. The summed E-state index contributed by atoms with van der Waals surface area (Å²) in [7, 11) is -2.35. The molecule has 4 aromatic rings. The lowest BCUT2D eigenvalue weighted by Crippen LogP contribution is -2.31. The molecule has 0 atom stereocenters. The Kier molecular flexibility index (Phi) is 13.9. The second kappa shape index (κ2) is 17.9. The Morgan fingerprint density at radius 3 is 2.43 bits per heavy atom. The number of methoxy groups -OCH3 is 1. The molecule has 4 rings (SSSR count). The van der Waals surface area contributed by atoms with Crippen LogP contribution in [0.2, 0.25) is 0 Å². The highest BCUT2D eigenvalue weighted by atomic mass is 31.2. The van der Waals surface area contributed by atoms with Crippen molar-refractivity contribution in [2.75, 3.05) is 50.7 Å². The molecule has 0 bridgehead atoms. The maximum atomic E-state index is 14.1. The fourth-order valence-electron chi connectivity index (χ4n) is 4.94. The van der Waals surface area contributed by atoms with Gasteiger partial charge in [0, 0.05) is 24.5 Å². The smallest absolute Gasteiger partial charge is 0.475 e. The van der Waals surface area contributed by atoms with Gasteiger partial charge in [-0.25, -0.2) is 23.3 Å². The van der Waals surface area contributed by atoms with Gasteiger partial charge in [-0.1, -0.05) is 12.0 Å². The fraction of sp³-hybridized carbons (Fsp3) is 0.444. The number of phosphoric acid groups is 1. The van der Waals surface area contributed by atoms with E-state index in [1.807, 2.05) is 4.90 Å². The Bertz CT molecular complexity index is 1940. The Hall–Kier alpha value is -4.65. The van der Waals surface area contributed by atoms with E-state index >= 15 is 0 Å². The number of amides is 1. The number of nitrogens with one attached hydrogen (secondary N) is 2. The molecule has 286 valence electrons. The van der Waals surface area contributed by atoms with Gasteiger partial charge in [-0.15, -0.1) is 6.42 Å². The van der Waals surface area contributed by atoms with Gasteiger partial charge in [0.05, 0.1) is 67.6 Å². The van der Waals surface area contributed by atoms with Gasteiger partial charge >= 0.3 is 7.82 Å². The van der Waals surface area contributed by atoms with Crippen LogP contribution in [0.3, 0.4) is 0 Å². The van der Waals surface area contributed by atoms with Gasteiger partial charge < -0.3 is 14.8 Å². The quantitative estimate of drug-likeness (QED) is 0.0637. The van der Waals surface area contributed by atoms with Crippen molar-refractivity contribution in [3.63, 3.8) is 0 Å². The predicted molar refractivity (Wildman–Crippen MR) is 197 cm³/mol. The van der Waals surface area contributed by atoms with E-state index in [1.165, 1.54) is 36.6 Å². The Labute approximate surface area is 308 Å². The van der Waals surface area contributed by atoms with Crippen LogP contribution in [0.25, 0.3) is 10.9 Å². The molecule has 1 amide bonds. The highest BCUT2D eigenvalue weighted by Crippen LogP contribution is 2.55. The Morgan fingerprint density at radius 2 is 1.75 bits per heavy atom. The third-order valence-electron chi connectivity index (χ3n) is 7.04. The topological polar surface area (TPSA) is 151 Å². The molecule has 0 unspecified atom stereocenters. The zero-order valence-corrected chi connectivity index (χ0v) is 31.8. The maximum Gasteiger partial charge on any atom is 0.475 e. The first-order chi connectivity index (χ1) is 25.0. The molecule has 2 N–H and O–H groups in total. The zero-order valence-electron chi connectivity index (χ0n) is 30.9. The molecule has 0 aliphatic carbocycles. The first-order valence-electron chi connectivity index (χ1n) is 16.8. The minimum atomic E-state index is -3.86. The number of benzene rings is 2. The molecule has 0 spiro atoms. The highest BCUT2D eigenvalue weighted by molar-refractivity contribution is 7.48. The van der Waals surface area contributed by atoms with Crippen LogP contribution in [-0.4, -0.2) is 81.8 Å². The largest absolute Gasteiger partial charge is 0.493 e. The third-order valence-corrected chi connectivity index (χ3v) is 9.08. The second-order valence-electron chi connectivity index (χ2n) is 13.8. The summed E-state index contributed by atoms with van der Waals surface area (Å²) >= 11 is 0. The molecular weight excluding hydrogens is 711 g/mol. The van der Waals surface area contributed by atoms with Gasteiger partial charge in [0.2, 0.25) is 5.91 Å². The van der Waals surface area contributed by atoms with E-state index in [2.05, 4.69) is 31.7 Å². The number of anilines is 2. The predicted octanol–water partition coefficient (Wildman–Crippen LogP) is 6.63. The normalized spacial score (nSPS) is 12.2. The van der Waals surface area contributed by atoms with Gasteiger partial charge in [0.25, 0.3) is 0 Å². The number of aromatic nitrogens is 4. The van der Waals surface area contributed by atoms with Crippen molar-refractivity contribution in [3.8, 4) is 23.8 Å². The van der Waals surface area contributed by atoms with E-state index in [4.69, 9.17) is 29.5 Å². The molecule has 0 fully saturated rings. The monoisotopic (exact) mass is 757 g/mol. The zero-order chi connectivity index (χ0) is 38.8. The van der Waals surface area contributed by atoms with Gasteiger partial charge in [-0.2, -0.15) is 9.89 Å². The molecule has 17 heteroatoms. The molecule has 2 aromatic carbocycles. The van der Waals surface area contributed by atoms with Crippen molar-refractivity contribution in [2.45, 2.75) is 65.6 Å². The summed E-state index contributed by atoms with van der Waals surface area (Å²) in [4.78, 5) is 24.7. The van der Waals surface area contributed by atoms with Gasteiger partial charge in [-0.05, 0) is 72.2 Å². The van der Waals surface area contributed by atoms with Gasteiger partial charge in [0.1, 0.15) is 6.33 Å². The second-order valence-corrected chi connectivity index (χ2v) is 15.3. The number of rotatable bonds is 18. The summed E-state index contributed by atoms with van der Waals surface area (Å²) in [6.45, 7) is 12.3. The SMILES string of the molecule is C#CCN(CCCOc1cc2ncnc(Nn3nccc3CC(=O)Nc3cccc(F)c3F)c2cc1OC)CCOP(=O)(OC(C)(C)C)OC(C)(C)C. The number of carbonyl (C=O) groups excluding carboxylic acids is 1. The lowest BCUT2D eigenvalue weighted by molar-refractivity contribution is -0.115. The number of phosphoric ester groups is 1. The minimum absolute atomic E-state index is 0.0721. The summed E-state index contributed by atoms with van der Waals surface area (Å²) < 4.78 is 69.8. The fourth-order valence-corrected chi connectivity index (χ4v) is 6.73. The van der Waals surface area contributed by atoms with E-state index < -0.39 is 36.6 Å². The van der Waals surface area contributed by atoms with Crippen molar-refractivity contribution in [2.24, 2.45) is 0 Å². The van der Waals surface area contributed by atoms with Crippen molar-refractivity contribution in [1.82, 2.24) is 24.8 Å². The summed E-state index contributed by atoms with van der Waals surface area (Å²) in [5, 5.41) is 7.18. The number of carbonyl (C=O) groups is 1. The van der Waals surface area contributed by atoms with Crippen LogP contribution in [0.15, 0.2) is 48.9 Å². The molecule has 14 nitrogen and oxygen atoms in total. The van der Waals surface area contributed by atoms with E-state index in [-0.39, 0.29) is 18.7 Å². The van der Waals surface area contributed by atoms with Gasteiger partial charge in [0.15, 0.2) is 29.0 Å². The van der Waals surface area contributed by atoms with Crippen molar-refractivity contribution in [3.05, 3.63) is 66.3 Å². The maximum absolute atomic E-state index is 14.1. The average molecular weight is 758 g/mol. The molecule has 0 saturated carbocycles. The van der Waals surface area contributed by atoms with Crippen LogP contribution in [0.4, 0.5) is 20.3 Å². The van der Waals surface area contributed by atoms with Crippen molar-refractivity contribution in [1.29, 1.82) is 0 Å². The molecule has 0 aliphatic rings. The highest BCUT2D eigenvalue weighted by Gasteiger charge is 2.37. The number of ether oxygens (including phenoxy) is 2. The van der Waals surface area contributed by atoms with Crippen molar-refractivity contribution < 1.29 is 41.2 Å². The molecule has 0 radical (unpaired) electrons. The standard InChI is InChI=1S/C36H46F2N7O7P/c1-9-16-44(18-20-50-53(47,51-35(2,3)4)52-36(5,6)7)17-11-19-49-31-23-29-26(22-30(31)48-8)34(40-24-39-29)43-45-25(14-15-41-45)21-32(46)42-28-13-10-12-27(37)33(28)38/h1,10,12-15,22-24H,11,16-21H2,2-8H3,(H,42,46)(H,39,40,43). The molecule has 2 heterocycles.